The molecule has 104 valence electrons. The van der Waals surface area contributed by atoms with E-state index in [1.165, 1.54) is 0 Å². The first-order valence-corrected chi connectivity index (χ1v) is 7.13. The fourth-order valence-corrected chi connectivity index (χ4v) is 3.39. The molecule has 1 aliphatic carbocycles. The minimum absolute atomic E-state index is 0.0373. The Bertz CT molecular complexity index is 321. The summed E-state index contributed by atoms with van der Waals surface area (Å²) in [6.07, 6.45) is 3.02. The van der Waals surface area contributed by atoms with E-state index in [0.717, 1.165) is 32.4 Å². The molecule has 1 amide bonds. The number of hydrogen-bond donors (Lipinski definition) is 1. The molecule has 0 radical (unpaired) electrons. The van der Waals surface area contributed by atoms with Crippen LogP contribution in [-0.4, -0.2) is 54.0 Å². The molecule has 18 heavy (non-hydrogen) atoms. The van der Waals surface area contributed by atoms with Gasteiger partial charge in [-0.15, -0.1) is 0 Å². The summed E-state index contributed by atoms with van der Waals surface area (Å²) in [6.45, 7) is 8.10. The number of hydrogen-bond acceptors (Lipinski definition) is 3. The highest BCUT2D eigenvalue weighted by Gasteiger charge is 2.46. The van der Waals surface area contributed by atoms with Crippen molar-refractivity contribution in [2.45, 2.75) is 58.2 Å². The van der Waals surface area contributed by atoms with E-state index >= 15 is 0 Å². The summed E-state index contributed by atoms with van der Waals surface area (Å²) in [5.74, 6) is 0.277. The van der Waals surface area contributed by atoms with Crippen LogP contribution in [-0.2, 0) is 4.79 Å². The van der Waals surface area contributed by atoms with Crippen LogP contribution < -0.4 is 5.73 Å². The van der Waals surface area contributed by atoms with Gasteiger partial charge in [0, 0.05) is 31.2 Å². The number of rotatable bonds is 1. The van der Waals surface area contributed by atoms with Gasteiger partial charge < -0.3 is 10.6 Å². The minimum Gasteiger partial charge on any atom is -0.339 e. The summed E-state index contributed by atoms with van der Waals surface area (Å²) in [5, 5.41) is 0. The Morgan fingerprint density at radius 3 is 2.28 bits per heavy atom. The van der Waals surface area contributed by atoms with Crippen LogP contribution >= 0.6 is 0 Å². The average Bonchev–Trinajstić information content (AvgIpc) is 2.66. The van der Waals surface area contributed by atoms with Gasteiger partial charge >= 0.3 is 0 Å². The van der Waals surface area contributed by atoms with Gasteiger partial charge in [0.05, 0.1) is 5.41 Å². The van der Waals surface area contributed by atoms with Crippen molar-refractivity contribution in [3.8, 4) is 0 Å². The van der Waals surface area contributed by atoms with Crippen molar-refractivity contribution in [3.63, 3.8) is 0 Å². The maximum absolute atomic E-state index is 12.8. The van der Waals surface area contributed by atoms with Crippen molar-refractivity contribution in [2.24, 2.45) is 11.1 Å². The molecule has 0 aromatic heterocycles. The highest BCUT2D eigenvalue weighted by atomic mass is 16.2. The van der Waals surface area contributed by atoms with Crippen molar-refractivity contribution < 1.29 is 4.79 Å². The maximum atomic E-state index is 12.8. The predicted molar refractivity (Wildman–Crippen MR) is 73.2 cm³/mol. The summed E-state index contributed by atoms with van der Waals surface area (Å²) in [5.41, 5.74) is 5.84. The zero-order valence-electron chi connectivity index (χ0n) is 12.1. The van der Waals surface area contributed by atoms with Crippen LogP contribution in [0.25, 0.3) is 0 Å². The lowest BCUT2D eigenvalue weighted by atomic mass is 9.83. The Hall–Kier alpha value is -0.610. The van der Waals surface area contributed by atoms with E-state index in [1.807, 2.05) is 4.90 Å². The Morgan fingerprint density at radius 1 is 1.28 bits per heavy atom. The number of nitrogens with two attached hydrogens (primary N) is 1. The van der Waals surface area contributed by atoms with Crippen LogP contribution in [0.15, 0.2) is 0 Å². The van der Waals surface area contributed by atoms with E-state index in [-0.39, 0.29) is 17.4 Å². The second-order valence-electron chi connectivity index (χ2n) is 6.49. The lowest BCUT2D eigenvalue weighted by Crippen LogP contribution is -2.60. The summed E-state index contributed by atoms with van der Waals surface area (Å²) >= 11 is 0. The smallest absolute Gasteiger partial charge is 0.230 e. The van der Waals surface area contributed by atoms with Crippen LogP contribution in [0.3, 0.4) is 0 Å². The number of carbonyl (C=O) groups excluding carboxylic acids is 1. The van der Waals surface area contributed by atoms with Crippen LogP contribution in [0.1, 0.15) is 40.0 Å². The first-order chi connectivity index (χ1) is 8.36. The van der Waals surface area contributed by atoms with Crippen LogP contribution in [0.5, 0.6) is 0 Å². The number of amides is 1. The molecule has 0 aromatic rings. The highest BCUT2D eigenvalue weighted by Crippen LogP contribution is 2.38. The lowest BCUT2D eigenvalue weighted by Gasteiger charge is -2.45. The Morgan fingerprint density at radius 2 is 1.83 bits per heavy atom. The van der Waals surface area contributed by atoms with Gasteiger partial charge in [-0.1, -0.05) is 6.42 Å². The molecule has 1 saturated heterocycles. The van der Waals surface area contributed by atoms with Crippen molar-refractivity contribution in [2.75, 3.05) is 20.1 Å². The summed E-state index contributed by atoms with van der Waals surface area (Å²) in [4.78, 5) is 17.1. The molecule has 0 bridgehead atoms. The third-order valence-electron chi connectivity index (χ3n) is 5.17. The molecule has 4 atom stereocenters. The van der Waals surface area contributed by atoms with E-state index < -0.39 is 0 Å². The fraction of sp³-hybridized carbons (Fsp3) is 0.929. The van der Waals surface area contributed by atoms with Crippen molar-refractivity contribution in [1.82, 2.24) is 9.80 Å². The van der Waals surface area contributed by atoms with Gasteiger partial charge in [0.2, 0.25) is 5.91 Å². The Labute approximate surface area is 110 Å². The Balaban J connectivity index is 2.10. The van der Waals surface area contributed by atoms with Gasteiger partial charge in [-0.25, -0.2) is 0 Å². The second-order valence-corrected chi connectivity index (χ2v) is 6.49. The third kappa shape index (κ3) is 2.16. The zero-order chi connectivity index (χ0) is 13.5. The third-order valence-corrected chi connectivity index (χ3v) is 5.17. The molecular weight excluding hydrogens is 226 g/mol. The number of nitrogens with zero attached hydrogens (tertiary/aromatic N) is 2. The van der Waals surface area contributed by atoms with Gasteiger partial charge in [0.1, 0.15) is 0 Å². The largest absolute Gasteiger partial charge is 0.339 e. The quantitative estimate of drug-likeness (QED) is 0.760. The van der Waals surface area contributed by atoms with Gasteiger partial charge in [0.15, 0.2) is 0 Å². The van der Waals surface area contributed by atoms with E-state index in [9.17, 15) is 4.79 Å². The van der Waals surface area contributed by atoms with E-state index in [2.05, 4.69) is 32.7 Å². The van der Waals surface area contributed by atoms with Gasteiger partial charge in [-0.2, -0.15) is 0 Å². The average molecular weight is 253 g/mol. The molecular formula is C14H27N3O. The summed E-state index contributed by atoms with van der Waals surface area (Å²) in [6, 6.07) is 0.896. The molecule has 4 nitrogen and oxygen atoms in total. The van der Waals surface area contributed by atoms with Crippen molar-refractivity contribution in [1.29, 1.82) is 0 Å². The maximum Gasteiger partial charge on any atom is 0.230 e. The van der Waals surface area contributed by atoms with Crippen molar-refractivity contribution in [3.05, 3.63) is 0 Å². The van der Waals surface area contributed by atoms with Crippen LogP contribution in [0.4, 0.5) is 0 Å². The number of carbonyl (C=O) groups is 1. The van der Waals surface area contributed by atoms with E-state index in [1.54, 1.807) is 0 Å². The summed E-state index contributed by atoms with van der Waals surface area (Å²) < 4.78 is 0. The first-order valence-electron chi connectivity index (χ1n) is 7.13. The van der Waals surface area contributed by atoms with E-state index in [0.29, 0.717) is 12.1 Å². The highest BCUT2D eigenvalue weighted by molar-refractivity contribution is 5.83. The first kappa shape index (κ1) is 13.8. The standard InChI is InChI=1S/C14H27N3O/c1-10-8-17(9-11(2)16(10)4)13(18)14(3)7-5-6-12(14)15/h10-12H,5-9,15H2,1-4H3. The molecule has 2 aliphatic rings. The minimum atomic E-state index is -0.324. The second kappa shape index (κ2) is 4.82. The fourth-order valence-electron chi connectivity index (χ4n) is 3.39. The van der Waals surface area contributed by atoms with Crippen LogP contribution in [0, 0.1) is 5.41 Å². The SMILES string of the molecule is CC1CN(C(=O)C2(C)CCCC2N)CC(C)N1C. The Kier molecular flexibility index (Phi) is 3.70. The normalized spacial score (nSPS) is 42.3. The molecule has 1 heterocycles. The molecule has 2 rings (SSSR count). The molecule has 4 unspecified atom stereocenters. The molecule has 0 spiro atoms. The van der Waals surface area contributed by atoms with Crippen molar-refractivity contribution >= 4 is 5.91 Å². The van der Waals surface area contributed by atoms with E-state index in [4.69, 9.17) is 5.73 Å². The topological polar surface area (TPSA) is 49.6 Å². The van der Waals surface area contributed by atoms with Gasteiger partial charge in [0.25, 0.3) is 0 Å². The molecule has 1 saturated carbocycles. The predicted octanol–water partition coefficient (Wildman–Crippen LogP) is 1.05. The molecule has 2 fully saturated rings. The molecule has 1 aliphatic heterocycles. The summed E-state index contributed by atoms with van der Waals surface area (Å²) in [7, 11) is 2.14. The molecule has 0 aromatic carbocycles. The molecule has 4 heteroatoms. The van der Waals surface area contributed by atoms with Gasteiger partial charge in [-0.05, 0) is 40.7 Å². The van der Waals surface area contributed by atoms with Gasteiger partial charge in [-0.3, -0.25) is 9.69 Å². The number of piperazine rings is 1. The monoisotopic (exact) mass is 253 g/mol. The zero-order valence-corrected chi connectivity index (χ0v) is 12.1. The lowest BCUT2D eigenvalue weighted by molar-refractivity contribution is -0.145. The van der Waals surface area contributed by atoms with Crippen LogP contribution in [0.2, 0.25) is 0 Å². The number of likely N-dealkylation sites (N-methyl/N-ethyl adjacent to an activating group) is 1. The molecule has 2 N–H and O–H groups in total.